The monoisotopic (exact) mass is 426 g/mol. The van der Waals surface area contributed by atoms with Crippen molar-refractivity contribution >= 4 is 27.4 Å². The summed E-state index contributed by atoms with van der Waals surface area (Å²) in [7, 11) is -2.35. The number of hydrogen-bond acceptors (Lipinski definition) is 6. The molecule has 30 heavy (non-hydrogen) atoms. The Labute approximate surface area is 173 Å². The van der Waals surface area contributed by atoms with E-state index in [2.05, 4.69) is 0 Å². The van der Waals surface area contributed by atoms with E-state index in [1.165, 1.54) is 49.5 Å². The summed E-state index contributed by atoms with van der Waals surface area (Å²) in [6.07, 6.45) is 0. The molecule has 0 aromatic heterocycles. The van der Waals surface area contributed by atoms with Crippen LogP contribution >= 0.6 is 0 Å². The number of nitro benzene ring substituents is 1. The molecule has 3 aromatic carbocycles. The van der Waals surface area contributed by atoms with Gasteiger partial charge in [0.1, 0.15) is 6.61 Å². The van der Waals surface area contributed by atoms with Gasteiger partial charge in [-0.05, 0) is 42.5 Å². The van der Waals surface area contributed by atoms with Crippen LogP contribution in [0.3, 0.4) is 0 Å². The average molecular weight is 426 g/mol. The van der Waals surface area contributed by atoms with Gasteiger partial charge in [-0.25, -0.2) is 13.2 Å². The Morgan fingerprint density at radius 1 is 0.967 bits per heavy atom. The third-order valence-electron chi connectivity index (χ3n) is 4.42. The number of carbonyl (C=O) groups is 1. The predicted octanol–water partition coefficient (Wildman–Crippen LogP) is 3.78. The Bertz CT molecular complexity index is 1160. The molecule has 3 aromatic rings. The number of anilines is 1. The quantitative estimate of drug-likeness (QED) is 0.323. The fraction of sp³-hybridized carbons (Fsp3) is 0.0952. The summed E-state index contributed by atoms with van der Waals surface area (Å²) in [5.74, 6) is -0.714. The molecular weight excluding hydrogens is 408 g/mol. The van der Waals surface area contributed by atoms with Crippen LogP contribution in [0.1, 0.15) is 15.9 Å². The van der Waals surface area contributed by atoms with Crippen molar-refractivity contribution in [2.45, 2.75) is 11.5 Å². The van der Waals surface area contributed by atoms with Crippen molar-refractivity contribution < 1.29 is 22.9 Å². The van der Waals surface area contributed by atoms with Gasteiger partial charge in [-0.3, -0.25) is 14.4 Å². The van der Waals surface area contributed by atoms with Crippen LogP contribution in [0, 0.1) is 10.1 Å². The molecule has 0 saturated heterocycles. The van der Waals surface area contributed by atoms with E-state index in [4.69, 9.17) is 4.74 Å². The lowest BCUT2D eigenvalue weighted by Crippen LogP contribution is -2.26. The van der Waals surface area contributed by atoms with Gasteiger partial charge in [-0.2, -0.15) is 0 Å². The van der Waals surface area contributed by atoms with Crippen molar-refractivity contribution in [1.82, 2.24) is 0 Å². The third kappa shape index (κ3) is 4.47. The maximum absolute atomic E-state index is 12.8. The molecule has 0 fully saturated rings. The lowest BCUT2D eigenvalue weighted by Gasteiger charge is -2.19. The normalized spacial score (nSPS) is 11.0. The van der Waals surface area contributed by atoms with Crippen LogP contribution in [0.5, 0.6) is 0 Å². The molecular formula is C21H18N2O6S. The fourth-order valence-corrected chi connectivity index (χ4v) is 3.93. The van der Waals surface area contributed by atoms with Gasteiger partial charge < -0.3 is 4.74 Å². The number of rotatable bonds is 7. The summed E-state index contributed by atoms with van der Waals surface area (Å²) < 4.78 is 31.8. The molecule has 9 heteroatoms. The fourth-order valence-electron chi connectivity index (χ4n) is 2.74. The van der Waals surface area contributed by atoms with Crippen molar-refractivity contribution in [3.63, 3.8) is 0 Å². The smallest absolute Gasteiger partial charge is 0.338 e. The molecule has 0 atom stereocenters. The van der Waals surface area contributed by atoms with Crippen LogP contribution in [-0.4, -0.2) is 26.4 Å². The summed E-state index contributed by atoms with van der Waals surface area (Å²) in [5, 5.41) is 11.0. The van der Waals surface area contributed by atoms with Gasteiger partial charge in [0.15, 0.2) is 0 Å². The van der Waals surface area contributed by atoms with Gasteiger partial charge in [0.05, 0.1) is 26.6 Å². The maximum atomic E-state index is 12.8. The second-order valence-corrected chi connectivity index (χ2v) is 8.26. The topological polar surface area (TPSA) is 107 Å². The van der Waals surface area contributed by atoms with Crippen LogP contribution in [0.4, 0.5) is 11.4 Å². The first-order valence-electron chi connectivity index (χ1n) is 8.84. The van der Waals surface area contributed by atoms with Gasteiger partial charge in [0, 0.05) is 13.1 Å². The molecule has 0 aliphatic rings. The molecule has 8 nitrogen and oxygen atoms in total. The Morgan fingerprint density at radius 3 is 2.20 bits per heavy atom. The number of sulfonamides is 1. The summed E-state index contributed by atoms with van der Waals surface area (Å²) in [4.78, 5) is 22.8. The van der Waals surface area contributed by atoms with Crippen LogP contribution in [0.25, 0.3) is 0 Å². The van der Waals surface area contributed by atoms with Gasteiger partial charge >= 0.3 is 5.97 Å². The van der Waals surface area contributed by atoms with Gasteiger partial charge in [-0.1, -0.05) is 30.3 Å². The molecule has 0 N–H and O–H groups in total. The minimum Gasteiger partial charge on any atom is -0.457 e. The van der Waals surface area contributed by atoms with Crippen LogP contribution < -0.4 is 4.31 Å². The predicted molar refractivity (Wildman–Crippen MR) is 111 cm³/mol. The standard InChI is InChI=1S/C21H18N2O6S/c1-22(18-8-3-2-4-9-18)30(27,28)19-13-11-16(12-14-19)21(24)29-15-17-7-5-6-10-20(17)23(25)26/h2-14H,15H2,1H3. The Balaban J connectivity index is 1.72. The molecule has 0 saturated carbocycles. The van der Waals surface area contributed by atoms with Gasteiger partial charge in [-0.15, -0.1) is 0 Å². The van der Waals surface area contributed by atoms with E-state index in [0.717, 1.165) is 4.31 Å². The lowest BCUT2D eigenvalue weighted by atomic mass is 10.2. The SMILES string of the molecule is CN(c1ccccc1)S(=O)(=O)c1ccc(C(=O)OCc2ccccc2[N+](=O)[O-])cc1. The molecule has 0 amide bonds. The number of nitro groups is 1. The second-order valence-electron chi connectivity index (χ2n) is 6.29. The summed E-state index contributed by atoms with van der Waals surface area (Å²) in [6, 6.07) is 19.9. The van der Waals surface area contributed by atoms with E-state index in [9.17, 15) is 23.3 Å². The van der Waals surface area contributed by atoms with E-state index >= 15 is 0 Å². The zero-order valence-corrected chi connectivity index (χ0v) is 16.8. The van der Waals surface area contributed by atoms with Gasteiger partial charge in [0.2, 0.25) is 0 Å². The zero-order chi connectivity index (χ0) is 21.7. The number of nitrogens with zero attached hydrogens (tertiary/aromatic N) is 2. The number of hydrogen-bond donors (Lipinski definition) is 0. The molecule has 0 spiro atoms. The molecule has 0 bridgehead atoms. The highest BCUT2D eigenvalue weighted by Gasteiger charge is 2.22. The summed E-state index contributed by atoms with van der Waals surface area (Å²) >= 11 is 0. The highest BCUT2D eigenvalue weighted by atomic mass is 32.2. The van der Waals surface area contributed by atoms with E-state index in [1.54, 1.807) is 36.4 Å². The first-order valence-corrected chi connectivity index (χ1v) is 10.3. The average Bonchev–Trinajstić information content (AvgIpc) is 2.77. The highest BCUT2D eigenvalue weighted by Crippen LogP contribution is 2.23. The van der Waals surface area contributed by atoms with Crippen molar-refractivity contribution in [2.75, 3.05) is 11.4 Å². The molecule has 0 aliphatic heterocycles. The number of carbonyl (C=O) groups excluding carboxylic acids is 1. The minimum absolute atomic E-state index is 0.0177. The van der Waals surface area contributed by atoms with Crippen molar-refractivity contribution in [1.29, 1.82) is 0 Å². The highest BCUT2D eigenvalue weighted by molar-refractivity contribution is 7.92. The summed E-state index contributed by atoms with van der Waals surface area (Å²) in [5.41, 5.74) is 0.760. The minimum atomic E-state index is -3.80. The number of benzene rings is 3. The van der Waals surface area contributed by atoms with E-state index in [-0.39, 0.29) is 28.3 Å². The number of ether oxygens (including phenoxy) is 1. The first kappa shape index (κ1) is 21.0. The van der Waals surface area contributed by atoms with E-state index in [0.29, 0.717) is 5.69 Å². The molecule has 0 radical (unpaired) electrons. The van der Waals surface area contributed by atoms with Crippen molar-refractivity contribution in [3.05, 3.63) is 100 Å². The molecule has 0 unspecified atom stereocenters. The summed E-state index contributed by atoms with van der Waals surface area (Å²) in [6.45, 7) is -0.271. The third-order valence-corrected chi connectivity index (χ3v) is 6.22. The number of para-hydroxylation sites is 2. The zero-order valence-electron chi connectivity index (χ0n) is 16.0. The Kier molecular flexibility index (Phi) is 6.12. The van der Waals surface area contributed by atoms with Crippen LogP contribution in [-0.2, 0) is 21.4 Å². The van der Waals surface area contributed by atoms with Crippen LogP contribution in [0.2, 0.25) is 0 Å². The lowest BCUT2D eigenvalue weighted by molar-refractivity contribution is -0.385. The first-order chi connectivity index (χ1) is 14.3. The van der Waals surface area contributed by atoms with Gasteiger partial charge in [0.25, 0.3) is 15.7 Å². The van der Waals surface area contributed by atoms with Crippen molar-refractivity contribution in [2.24, 2.45) is 0 Å². The van der Waals surface area contributed by atoms with Crippen molar-refractivity contribution in [3.8, 4) is 0 Å². The van der Waals surface area contributed by atoms with E-state index < -0.39 is 20.9 Å². The second kappa shape index (κ2) is 8.75. The Morgan fingerprint density at radius 2 is 1.57 bits per heavy atom. The molecule has 3 rings (SSSR count). The van der Waals surface area contributed by atoms with Crippen LogP contribution in [0.15, 0.2) is 83.8 Å². The maximum Gasteiger partial charge on any atom is 0.338 e. The molecule has 154 valence electrons. The largest absolute Gasteiger partial charge is 0.457 e. The molecule has 0 heterocycles. The van der Waals surface area contributed by atoms with E-state index in [1.807, 2.05) is 0 Å². The number of esters is 1. The molecule has 0 aliphatic carbocycles. The Hall–Kier alpha value is -3.72.